The number of methoxy groups -OCH3 is 1. The molecule has 0 spiro atoms. The minimum atomic E-state index is -0.381. The van der Waals surface area contributed by atoms with Crippen molar-refractivity contribution in [3.63, 3.8) is 0 Å². The molecule has 0 saturated carbocycles. The van der Waals surface area contributed by atoms with Crippen LogP contribution in [0, 0.1) is 0 Å². The summed E-state index contributed by atoms with van der Waals surface area (Å²) in [6, 6.07) is 9.68. The smallest absolute Gasteiger partial charge is 0.330 e. The van der Waals surface area contributed by atoms with E-state index in [4.69, 9.17) is 0 Å². The predicted molar refractivity (Wildman–Crippen MR) is 90.3 cm³/mol. The van der Waals surface area contributed by atoms with E-state index in [0.29, 0.717) is 0 Å². The predicted octanol–water partition coefficient (Wildman–Crippen LogP) is 3.31. The van der Waals surface area contributed by atoms with Crippen molar-refractivity contribution in [1.29, 1.82) is 0 Å². The summed E-state index contributed by atoms with van der Waals surface area (Å²) in [4.78, 5) is 15.3. The molecule has 0 aliphatic rings. The number of nitrogens with one attached hydrogen (secondary N) is 1. The van der Waals surface area contributed by atoms with Gasteiger partial charge >= 0.3 is 5.97 Å². The van der Waals surface area contributed by atoms with Gasteiger partial charge in [0, 0.05) is 23.9 Å². The first-order valence-corrected chi connectivity index (χ1v) is 7.08. The molecule has 3 aromatic rings. The van der Waals surface area contributed by atoms with Gasteiger partial charge in [0.15, 0.2) is 0 Å². The minimum Gasteiger partial charge on any atom is -0.466 e. The number of rotatable bonds is 4. The summed E-state index contributed by atoms with van der Waals surface area (Å²) in [5.41, 5.74) is 3.67. The van der Waals surface area contributed by atoms with Gasteiger partial charge in [-0.15, -0.1) is 0 Å². The molecule has 0 saturated heterocycles. The molecular formula is C18H15N3O2. The number of aromatic nitrogens is 3. The molecule has 23 heavy (non-hydrogen) atoms. The second-order valence-electron chi connectivity index (χ2n) is 4.89. The van der Waals surface area contributed by atoms with Crippen molar-refractivity contribution in [2.75, 3.05) is 7.11 Å². The zero-order valence-electron chi connectivity index (χ0n) is 12.6. The first-order chi connectivity index (χ1) is 11.3. The number of carbonyl (C=O) groups excluding carboxylic acids is 1. The monoisotopic (exact) mass is 305 g/mol. The van der Waals surface area contributed by atoms with E-state index in [9.17, 15) is 4.79 Å². The molecular weight excluding hydrogens is 290 g/mol. The van der Waals surface area contributed by atoms with Gasteiger partial charge in [-0.25, -0.2) is 4.79 Å². The van der Waals surface area contributed by atoms with Crippen molar-refractivity contribution in [1.82, 2.24) is 15.2 Å². The third-order valence-electron chi connectivity index (χ3n) is 3.35. The number of H-pyrrole nitrogens is 1. The van der Waals surface area contributed by atoms with Crippen molar-refractivity contribution in [2.24, 2.45) is 0 Å². The number of fused-ring (bicyclic) bond motifs is 1. The van der Waals surface area contributed by atoms with Crippen molar-refractivity contribution in [2.45, 2.75) is 0 Å². The van der Waals surface area contributed by atoms with Crippen LogP contribution in [-0.4, -0.2) is 28.3 Å². The van der Waals surface area contributed by atoms with Crippen LogP contribution in [0.3, 0.4) is 0 Å². The Kier molecular flexibility index (Phi) is 4.29. The van der Waals surface area contributed by atoms with Crippen LogP contribution in [0.2, 0.25) is 0 Å². The highest BCUT2D eigenvalue weighted by Crippen LogP contribution is 2.20. The SMILES string of the molecule is COC(=O)C=Cc1ccc2[nH]nc(C=Cc3cccnc3)c2c1. The number of esters is 1. The molecule has 0 amide bonds. The largest absolute Gasteiger partial charge is 0.466 e. The molecule has 0 atom stereocenters. The van der Waals surface area contributed by atoms with Crippen LogP contribution in [0.25, 0.3) is 29.1 Å². The van der Waals surface area contributed by atoms with Crippen LogP contribution >= 0.6 is 0 Å². The lowest BCUT2D eigenvalue weighted by Crippen LogP contribution is -1.93. The van der Waals surface area contributed by atoms with E-state index < -0.39 is 0 Å². The Morgan fingerprint density at radius 2 is 2.09 bits per heavy atom. The van der Waals surface area contributed by atoms with E-state index in [1.807, 2.05) is 42.5 Å². The Hall–Kier alpha value is -3.21. The fourth-order valence-corrected chi connectivity index (χ4v) is 2.16. The average molecular weight is 305 g/mol. The topological polar surface area (TPSA) is 67.9 Å². The van der Waals surface area contributed by atoms with Crippen LogP contribution in [0.5, 0.6) is 0 Å². The van der Waals surface area contributed by atoms with Crippen molar-refractivity contribution in [3.8, 4) is 0 Å². The Balaban J connectivity index is 1.91. The van der Waals surface area contributed by atoms with Crippen molar-refractivity contribution >= 4 is 35.1 Å². The summed E-state index contributed by atoms with van der Waals surface area (Å²) >= 11 is 0. The number of carbonyl (C=O) groups is 1. The van der Waals surface area contributed by atoms with Gasteiger partial charge in [-0.1, -0.05) is 18.2 Å². The lowest BCUT2D eigenvalue weighted by Gasteiger charge is -1.96. The molecule has 0 aliphatic carbocycles. The maximum absolute atomic E-state index is 11.2. The van der Waals surface area contributed by atoms with Crippen LogP contribution in [0.4, 0.5) is 0 Å². The quantitative estimate of drug-likeness (QED) is 0.593. The van der Waals surface area contributed by atoms with E-state index in [2.05, 4.69) is 19.9 Å². The second-order valence-corrected chi connectivity index (χ2v) is 4.89. The van der Waals surface area contributed by atoms with Gasteiger partial charge in [0.2, 0.25) is 0 Å². The normalized spacial score (nSPS) is 11.5. The Bertz CT molecular complexity index is 880. The second kappa shape index (κ2) is 6.70. The molecule has 0 radical (unpaired) electrons. The van der Waals surface area contributed by atoms with Gasteiger partial charge in [-0.05, 0) is 41.5 Å². The average Bonchev–Trinajstić information content (AvgIpc) is 3.01. The summed E-state index contributed by atoms with van der Waals surface area (Å²) in [6.45, 7) is 0. The number of aromatic amines is 1. The van der Waals surface area contributed by atoms with Crippen LogP contribution in [0.15, 0.2) is 48.8 Å². The molecule has 0 unspecified atom stereocenters. The maximum atomic E-state index is 11.2. The third-order valence-corrected chi connectivity index (χ3v) is 3.35. The lowest BCUT2D eigenvalue weighted by atomic mass is 10.1. The number of hydrogen-bond acceptors (Lipinski definition) is 4. The van der Waals surface area contributed by atoms with E-state index >= 15 is 0 Å². The highest BCUT2D eigenvalue weighted by molar-refractivity contribution is 5.92. The summed E-state index contributed by atoms with van der Waals surface area (Å²) in [5, 5.41) is 8.29. The Morgan fingerprint density at radius 3 is 2.87 bits per heavy atom. The maximum Gasteiger partial charge on any atom is 0.330 e. The number of hydrogen-bond donors (Lipinski definition) is 1. The zero-order valence-corrected chi connectivity index (χ0v) is 12.6. The minimum absolute atomic E-state index is 0.381. The van der Waals surface area contributed by atoms with Gasteiger partial charge < -0.3 is 4.74 Å². The van der Waals surface area contributed by atoms with Crippen LogP contribution in [0.1, 0.15) is 16.8 Å². The Morgan fingerprint density at radius 1 is 1.17 bits per heavy atom. The fourth-order valence-electron chi connectivity index (χ4n) is 2.16. The molecule has 114 valence electrons. The van der Waals surface area contributed by atoms with E-state index in [0.717, 1.165) is 27.7 Å². The zero-order chi connectivity index (χ0) is 16.1. The number of benzene rings is 1. The highest BCUT2D eigenvalue weighted by atomic mass is 16.5. The molecule has 0 bridgehead atoms. The highest BCUT2D eigenvalue weighted by Gasteiger charge is 2.03. The summed E-state index contributed by atoms with van der Waals surface area (Å²) in [7, 11) is 1.35. The van der Waals surface area contributed by atoms with Crippen LogP contribution in [-0.2, 0) is 9.53 Å². The molecule has 3 rings (SSSR count). The van der Waals surface area contributed by atoms with Gasteiger partial charge in [-0.3, -0.25) is 10.1 Å². The first kappa shape index (κ1) is 14.7. The molecule has 0 fully saturated rings. The van der Waals surface area contributed by atoms with Gasteiger partial charge in [-0.2, -0.15) is 5.10 Å². The van der Waals surface area contributed by atoms with E-state index in [1.54, 1.807) is 18.5 Å². The van der Waals surface area contributed by atoms with E-state index in [1.165, 1.54) is 13.2 Å². The summed E-state index contributed by atoms with van der Waals surface area (Å²) in [5.74, 6) is -0.381. The lowest BCUT2D eigenvalue weighted by molar-refractivity contribution is -0.134. The molecule has 5 heteroatoms. The Labute approximate surface area is 133 Å². The van der Waals surface area contributed by atoms with Gasteiger partial charge in [0.25, 0.3) is 0 Å². The number of pyridine rings is 1. The van der Waals surface area contributed by atoms with Gasteiger partial charge in [0.1, 0.15) is 0 Å². The van der Waals surface area contributed by atoms with Gasteiger partial charge in [0.05, 0.1) is 18.3 Å². The molecule has 2 aromatic heterocycles. The third kappa shape index (κ3) is 3.52. The van der Waals surface area contributed by atoms with E-state index in [-0.39, 0.29) is 5.97 Å². The number of nitrogens with zero attached hydrogens (tertiary/aromatic N) is 2. The standard InChI is InChI=1S/C18H15N3O2/c1-23-18(22)9-6-13-4-7-16-15(11-13)17(21-20-16)8-5-14-3-2-10-19-12-14/h2-12H,1H3,(H,20,21). The van der Waals surface area contributed by atoms with Crippen LogP contribution < -0.4 is 0 Å². The molecule has 1 N–H and O–H groups in total. The summed E-state index contributed by atoms with van der Waals surface area (Å²) < 4.78 is 4.59. The first-order valence-electron chi connectivity index (χ1n) is 7.08. The van der Waals surface area contributed by atoms with Crippen molar-refractivity contribution < 1.29 is 9.53 Å². The number of ether oxygens (including phenoxy) is 1. The molecule has 2 heterocycles. The summed E-state index contributed by atoms with van der Waals surface area (Å²) in [6.07, 6.45) is 10.5. The fraction of sp³-hybridized carbons (Fsp3) is 0.0556. The molecule has 0 aliphatic heterocycles. The molecule has 1 aromatic carbocycles. The molecule has 5 nitrogen and oxygen atoms in total. The van der Waals surface area contributed by atoms with Crippen molar-refractivity contribution in [3.05, 3.63) is 65.6 Å².